The van der Waals surface area contributed by atoms with Crippen LogP contribution in [0.15, 0.2) is 54.5 Å². The largest absolute Gasteiger partial charge is 0.481 e. The first kappa shape index (κ1) is 21.8. The van der Waals surface area contributed by atoms with Gasteiger partial charge in [-0.1, -0.05) is 48.4 Å². The highest BCUT2D eigenvalue weighted by molar-refractivity contribution is 5.76. The van der Waals surface area contributed by atoms with Crippen molar-refractivity contribution in [3.8, 4) is 0 Å². The van der Waals surface area contributed by atoms with Crippen molar-refractivity contribution >= 4 is 5.97 Å². The van der Waals surface area contributed by atoms with Gasteiger partial charge in [0.25, 0.3) is 0 Å². The Kier molecular flexibility index (Phi) is 5.15. The van der Waals surface area contributed by atoms with Gasteiger partial charge in [0.15, 0.2) is 0 Å². The highest BCUT2D eigenvalue weighted by atomic mass is 16.4. The van der Waals surface area contributed by atoms with E-state index >= 15 is 0 Å². The van der Waals surface area contributed by atoms with E-state index in [-0.39, 0.29) is 5.92 Å². The molecular weight excluding hydrogens is 432 g/mol. The summed E-state index contributed by atoms with van der Waals surface area (Å²) in [5, 5.41) is 10.6. The molecule has 3 fully saturated rings. The minimum atomic E-state index is -0.577. The molecule has 7 rings (SSSR count). The van der Waals surface area contributed by atoms with Crippen molar-refractivity contribution in [2.24, 2.45) is 40.9 Å². The van der Waals surface area contributed by atoms with Crippen LogP contribution in [-0.4, -0.2) is 21.0 Å². The summed E-state index contributed by atoms with van der Waals surface area (Å²) in [6, 6.07) is 10.8. The molecule has 35 heavy (non-hydrogen) atoms. The van der Waals surface area contributed by atoms with Crippen LogP contribution in [0.3, 0.4) is 0 Å². The van der Waals surface area contributed by atoms with Crippen LogP contribution in [0.25, 0.3) is 0 Å². The lowest BCUT2D eigenvalue weighted by Gasteiger charge is -2.58. The zero-order valence-electron chi connectivity index (χ0n) is 20.5. The third kappa shape index (κ3) is 3.28. The summed E-state index contributed by atoms with van der Waals surface area (Å²) < 4.78 is 0. The predicted molar refractivity (Wildman–Crippen MR) is 135 cm³/mol. The van der Waals surface area contributed by atoms with Gasteiger partial charge >= 0.3 is 5.97 Å². The molecule has 4 heteroatoms. The van der Waals surface area contributed by atoms with E-state index in [4.69, 9.17) is 0 Å². The number of carboxylic acid groups (broad SMARTS) is 1. The Hall–Kier alpha value is -2.49. The van der Waals surface area contributed by atoms with E-state index in [0.717, 1.165) is 69.1 Å². The van der Waals surface area contributed by atoms with E-state index in [0.29, 0.717) is 17.8 Å². The van der Waals surface area contributed by atoms with Crippen LogP contribution in [0.4, 0.5) is 0 Å². The molecule has 1 heterocycles. The van der Waals surface area contributed by atoms with Gasteiger partial charge < -0.3 is 5.11 Å². The van der Waals surface area contributed by atoms with E-state index < -0.39 is 11.4 Å². The molecule has 0 aliphatic heterocycles. The van der Waals surface area contributed by atoms with Gasteiger partial charge in [-0.15, -0.1) is 0 Å². The van der Waals surface area contributed by atoms with E-state index in [9.17, 15) is 9.90 Å². The first-order valence-electron chi connectivity index (χ1n) is 13.9. The number of hydrogen-bond donors (Lipinski definition) is 1. The third-order valence-electron chi connectivity index (χ3n) is 11.0. The van der Waals surface area contributed by atoms with Crippen LogP contribution in [0, 0.1) is 40.9 Å². The number of rotatable bonds is 2. The maximum absolute atomic E-state index is 12.9. The molecule has 8 atom stereocenters. The molecular formula is C31H36N2O2. The molecule has 0 saturated heterocycles. The molecule has 0 spiro atoms. The first-order chi connectivity index (χ1) is 17.2. The number of hydrogen-bond acceptors (Lipinski definition) is 3. The molecule has 1 aromatic carbocycles. The van der Waals surface area contributed by atoms with Crippen LogP contribution < -0.4 is 0 Å². The Labute approximate surface area is 208 Å². The molecule has 3 saturated carbocycles. The second kappa shape index (κ2) is 8.28. The molecule has 4 nitrogen and oxygen atoms in total. The summed E-state index contributed by atoms with van der Waals surface area (Å²) in [7, 11) is 0. The van der Waals surface area contributed by atoms with Gasteiger partial charge in [0.1, 0.15) is 6.33 Å². The minimum absolute atomic E-state index is 0.161. The van der Waals surface area contributed by atoms with Gasteiger partial charge in [0.05, 0.1) is 5.41 Å². The first-order valence-corrected chi connectivity index (χ1v) is 13.9. The minimum Gasteiger partial charge on any atom is -0.481 e. The topological polar surface area (TPSA) is 63.1 Å². The summed E-state index contributed by atoms with van der Waals surface area (Å²) in [5.41, 5.74) is 4.95. The van der Waals surface area contributed by atoms with Crippen molar-refractivity contribution in [2.45, 2.75) is 70.1 Å². The molecule has 0 radical (unpaired) electrons. The van der Waals surface area contributed by atoms with Crippen molar-refractivity contribution in [3.05, 3.63) is 71.3 Å². The number of carboxylic acids is 1. The van der Waals surface area contributed by atoms with E-state index in [1.807, 2.05) is 0 Å². The number of aliphatic carboxylic acids is 1. The van der Waals surface area contributed by atoms with E-state index in [1.54, 1.807) is 6.33 Å². The van der Waals surface area contributed by atoms with Gasteiger partial charge in [-0.05, 0) is 104 Å². The lowest BCUT2D eigenvalue weighted by atomic mass is 9.46. The van der Waals surface area contributed by atoms with Crippen LogP contribution in [0.1, 0.15) is 74.1 Å². The summed E-state index contributed by atoms with van der Waals surface area (Å²) in [4.78, 5) is 21.9. The van der Waals surface area contributed by atoms with Crippen LogP contribution in [0.5, 0.6) is 0 Å². The molecule has 2 aromatic rings. The Balaban J connectivity index is 1.26. The van der Waals surface area contributed by atoms with Crippen molar-refractivity contribution < 1.29 is 9.90 Å². The SMILES string of the molecule is O=C(O)C12CCCC(c3ccccc3)C1C1=CCC3C4Cc5cncnc5CC4CCC3C1CC2. The highest BCUT2D eigenvalue weighted by Gasteiger charge is 2.59. The molecule has 5 aliphatic carbocycles. The Bertz CT molecular complexity index is 1160. The number of allylic oxidation sites excluding steroid dienone is 2. The third-order valence-corrected chi connectivity index (χ3v) is 11.0. The van der Waals surface area contributed by atoms with Gasteiger partial charge in [-0.2, -0.15) is 0 Å². The molecule has 0 amide bonds. The molecule has 8 unspecified atom stereocenters. The number of carbonyl (C=O) groups is 1. The van der Waals surface area contributed by atoms with Crippen molar-refractivity contribution in [2.75, 3.05) is 0 Å². The fourth-order valence-electron chi connectivity index (χ4n) is 9.57. The predicted octanol–water partition coefficient (Wildman–Crippen LogP) is 6.23. The van der Waals surface area contributed by atoms with Gasteiger partial charge in [-0.3, -0.25) is 4.79 Å². The smallest absolute Gasteiger partial charge is 0.310 e. The molecule has 5 aliphatic rings. The molecule has 1 aromatic heterocycles. The quantitative estimate of drug-likeness (QED) is 0.531. The second-order valence-electron chi connectivity index (χ2n) is 12.2. The number of benzene rings is 1. The fourth-order valence-corrected chi connectivity index (χ4v) is 9.57. The highest BCUT2D eigenvalue weighted by Crippen LogP contribution is 2.64. The fraction of sp³-hybridized carbons (Fsp3) is 0.581. The average molecular weight is 469 g/mol. The molecule has 182 valence electrons. The van der Waals surface area contributed by atoms with Crippen LogP contribution in [-0.2, 0) is 17.6 Å². The molecule has 1 N–H and O–H groups in total. The number of aromatic nitrogens is 2. The summed E-state index contributed by atoms with van der Waals surface area (Å²) >= 11 is 0. The van der Waals surface area contributed by atoms with Crippen LogP contribution >= 0.6 is 0 Å². The van der Waals surface area contributed by atoms with E-state index in [2.05, 4.69) is 52.6 Å². The number of fused-ring (bicyclic) bond motifs is 8. The monoisotopic (exact) mass is 468 g/mol. The Morgan fingerprint density at radius 2 is 1.83 bits per heavy atom. The van der Waals surface area contributed by atoms with Crippen molar-refractivity contribution in [1.82, 2.24) is 9.97 Å². The summed E-state index contributed by atoms with van der Waals surface area (Å²) in [6.07, 6.45) is 17.2. The maximum atomic E-state index is 12.9. The standard InChI is InChI=1S/C31H36N2O2/c34-30(35)31-13-4-7-22(19-5-2-1-3-6-19)29(31)26-11-10-24-23(25(26)12-14-31)9-8-20-16-28-21(15-27(20)24)17-32-18-33-28/h1-3,5-6,11,17-18,20,22-25,27,29H,4,7-10,12-16H2,(H,34,35). The lowest BCUT2D eigenvalue weighted by Crippen LogP contribution is -2.53. The molecule has 0 bridgehead atoms. The second-order valence-corrected chi connectivity index (χ2v) is 12.2. The van der Waals surface area contributed by atoms with Crippen LogP contribution in [0.2, 0.25) is 0 Å². The van der Waals surface area contributed by atoms with Gasteiger partial charge in [0, 0.05) is 17.8 Å². The number of nitrogens with zero attached hydrogens (tertiary/aromatic N) is 2. The average Bonchev–Trinajstić information content (AvgIpc) is 2.91. The zero-order valence-corrected chi connectivity index (χ0v) is 20.5. The Morgan fingerprint density at radius 3 is 2.69 bits per heavy atom. The Morgan fingerprint density at radius 1 is 0.943 bits per heavy atom. The van der Waals surface area contributed by atoms with Gasteiger partial charge in [-0.25, -0.2) is 9.97 Å². The summed E-state index contributed by atoms with van der Waals surface area (Å²) in [5.74, 6) is 3.45. The maximum Gasteiger partial charge on any atom is 0.310 e. The summed E-state index contributed by atoms with van der Waals surface area (Å²) in [6.45, 7) is 0. The zero-order chi connectivity index (χ0) is 23.6. The lowest BCUT2D eigenvalue weighted by molar-refractivity contribution is -0.158. The van der Waals surface area contributed by atoms with E-state index in [1.165, 1.54) is 35.2 Å². The van der Waals surface area contributed by atoms with Gasteiger partial charge in [0.2, 0.25) is 0 Å². The van der Waals surface area contributed by atoms with Crippen molar-refractivity contribution in [1.29, 1.82) is 0 Å². The normalized spacial score (nSPS) is 39.7. The van der Waals surface area contributed by atoms with Crippen molar-refractivity contribution in [3.63, 3.8) is 0 Å².